The zero-order valence-corrected chi connectivity index (χ0v) is 15.0. The summed E-state index contributed by atoms with van der Waals surface area (Å²) in [6.45, 7) is 9.53. The van der Waals surface area contributed by atoms with Crippen LogP contribution in [0.2, 0.25) is 0 Å². The summed E-state index contributed by atoms with van der Waals surface area (Å²) in [5, 5.41) is 5.08. The van der Waals surface area contributed by atoms with Crippen molar-refractivity contribution in [3.63, 3.8) is 0 Å². The molecule has 122 valence electrons. The molecule has 0 amide bonds. The van der Waals surface area contributed by atoms with Crippen molar-refractivity contribution in [1.29, 1.82) is 0 Å². The fraction of sp³-hybridized carbons (Fsp3) is 0.714. The van der Waals surface area contributed by atoms with Crippen LogP contribution in [-0.2, 0) is 21.3 Å². The van der Waals surface area contributed by atoms with Crippen molar-refractivity contribution < 1.29 is 13.2 Å². The van der Waals surface area contributed by atoms with Crippen LogP contribution < -0.4 is 10.0 Å². The van der Waals surface area contributed by atoms with Gasteiger partial charge < -0.3 is 10.1 Å². The van der Waals surface area contributed by atoms with Gasteiger partial charge in [-0.05, 0) is 30.3 Å². The predicted molar refractivity (Wildman–Crippen MR) is 87.3 cm³/mol. The summed E-state index contributed by atoms with van der Waals surface area (Å²) >= 11 is 1.48. The molecule has 1 unspecified atom stereocenters. The zero-order valence-electron chi connectivity index (χ0n) is 13.4. The van der Waals surface area contributed by atoms with E-state index in [1.807, 2.05) is 33.1 Å². The summed E-state index contributed by atoms with van der Waals surface area (Å²) in [4.78, 5) is 1.26. The molecule has 0 fully saturated rings. The molecule has 7 heteroatoms. The van der Waals surface area contributed by atoms with Crippen LogP contribution >= 0.6 is 11.3 Å². The van der Waals surface area contributed by atoms with Crippen LogP contribution in [0.4, 0.5) is 0 Å². The molecule has 2 N–H and O–H groups in total. The van der Waals surface area contributed by atoms with E-state index < -0.39 is 10.0 Å². The summed E-state index contributed by atoms with van der Waals surface area (Å²) in [6, 6.07) is -0.230. The van der Waals surface area contributed by atoms with Crippen molar-refractivity contribution in [2.75, 3.05) is 20.3 Å². The molecule has 0 aliphatic rings. The van der Waals surface area contributed by atoms with E-state index in [4.69, 9.17) is 4.74 Å². The van der Waals surface area contributed by atoms with Gasteiger partial charge >= 0.3 is 0 Å². The minimum Gasteiger partial charge on any atom is -0.383 e. The number of methoxy groups -OCH3 is 1. The molecule has 1 rings (SSSR count). The SMILES string of the molecule is CCNCc1scc(C)c1S(=O)(=O)NC(COC)C(C)C. The van der Waals surface area contributed by atoms with Crippen LogP contribution in [0, 0.1) is 12.8 Å². The topological polar surface area (TPSA) is 67.4 Å². The first-order valence-corrected chi connectivity index (χ1v) is 9.48. The van der Waals surface area contributed by atoms with Gasteiger partial charge in [0.2, 0.25) is 10.0 Å². The van der Waals surface area contributed by atoms with Gasteiger partial charge in [0.15, 0.2) is 0 Å². The Hall–Kier alpha value is -0.470. The Morgan fingerprint density at radius 1 is 1.38 bits per heavy atom. The molecule has 1 aromatic heterocycles. The lowest BCUT2D eigenvalue weighted by Gasteiger charge is -2.22. The summed E-state index contributed by atoms with van der Waals surface area (Å²) in [5.41, 5.74) is 0.792. The summed E-state index contributed by atoms with van der Waals surface area (Å²) in [7, 11) is -1.96. The third-order valence-electron chi connectivity index (χ3n) is 3.25. The van der Waals surface area contributed by atoms with Crippen molar-refractivity contribution in [1.82, 2.24) is 10.0 Å². The Balaban J connectivity index is 3.04. The third kappa shape index (κ3) is 5.03. The van der Waals surface area contributed by atoms with Gasteiger partial charge in [0.1, 0.15) is 4.90 Å². The molecule has 0 aliphatic heterocycles. The minimum atomic E-state index is -3.53. The second kappa shape index (κ2) is 8.24. The summed E-state index contributed by atoms with van der Waals surface area (Å²) in [5.74, 6) is 0.163. The smallest absolute Gasteiger partial charge is 0.242 e. The van der Waals surface area contributed by atoms with E-state index in [1.165, 1.54) is 11.3 Å². The Morgan fingerprint density at radius 2 is 2.05 bits per heavy atom. The lowest BCUT2D eigenvalue weighted by atomic mass is 10.1. The molecule has 1 atom stereocenters. The first kappa shape index (κ1) is 18.6. The van der Waals surface area contributed by atoms with Crippen molar-refractivity contribution in [2.45, 2.75) is 45.2 Å². The lowest BCUT2D eigenvalue weighted by Crippen LogP contribution is -2.42. The monoisotopic (exact) mass is 334 g/mol. The Bertz CT molecular complexity index is 538. The van der Waals surface area contributed by atoms with Gasteiger partial charge in [-0.3, -0.25) is 0 Å². The highest BCUT2D eigenvalue weighted by atomic mass is 32.2. The molecular weight excluding hydrogens is 308 g/mol. The molecular formula is C14H26N2O3S2. The maximum Gasteiger partial charge on any atom is 0.242 e. The van der Waals surface area contributed by atoms with Crippen molar-refractivity contribution in [2.24, 2.45) is 5.92 Å². The van der Waals surface area contributed by atoms with Crippen LogP contribution in [0.3, 0.4) is 0 Å². The van der Waals surface area contributed by atoms with Crippen LogP contribution in [0.15, 0.2) is 10.3 Å². The Kier molecular flexibility index (Phi) is 7.29. The molecule has 0 aliphatic carbocycles. The molecule has 0 radical (unpaired) electrons. The molecule has 1 heterocycles. The van der Waals surface area contributed by atoms with E-state index in [0.717, 1.165) is 17.0 Å². The number of rotatable bonds is 9. The van der Waals surface area contributed by atoms with Gasteiger partial charge in [0.25, 0.3) is 0 Å². The van der Waals surface area contributed by atoms with Gasteiger partial charge in [-0.15, -0.1) is 11.3 Å². The predicted octanol–water partition coefficient (Wildman–Crippen LogP) is 2.12. The largest absolute Gasteiger partial charge is 0.383 e. The van der Waals surface area contributed by atoms with Gasteiger partial charge in [0.05, 0.1) is 6.61 Å². The normalized spacial score (nSPS) is 13.8. The quantitative estimate of drug-likeness (QED) is 0.726. The molecule has 5 nitrogen and oxygen atoms in total. The Labute approximate surface area is 132 Å². The molecule has 21 heavy (non-hydrogen) atoms. The van der Waals surface area contributed by atoms with Crippen LogP contribution in [0.1, 0.15) is 31.2 Å². The number of hydrogen-bond acceptors (Lipinski definition) is 5. The van der Waals surface area contributed by atoms with Crippen LogP contribution in [0.25, 0.3) is 0 Å². The maximum absolute atomic E-state index is 12.7. The second-order valence-electron chi connectivity index (χ2n) is 5.38. The summed E-state index contributed by atoms with van der Waals surface area (Å²) in [6.07, 6.45) is 0. The lowest BCUT2D eigenvalue weighted by molar-refractivity contribution is 0.157. The first-order chi connectivity index (χ1) is 9.83. The number of aryl methyl sites for hydroxylation is 1. The average Bonchev–Trinajstić information content (AvgIpc) is 2.77. The second-order valence-corrected chi connectivity index (χ2v) is 7.99. The number of sulfonamides is 1. The molecule has 0 saturated heterocycles. The molecule has 1 aromatic rings. The highest BCUT2D eigenvalue weighted by Gasteiger charge is 2.27. The molecule has 0 saturated carbocycles. The number of hydrogen-bond donors (Lipinski definition) is 2. The zero-order chi connectivity index (χ0) is 16.0. The van der Waals surface area contributed by atoms with E-state index in [0.29, 0.717) is 18.0 Å². The van der Waals surface area contributed by atoms with E-state index in [2.05, 4.69) is 10.0 Å². The highest BCUT2D eigenvalue weighted by Crippen LogP contribution is 2.27. The van der Waals surface area contributed by atoms with Crippen molar-refractivity contribution in [3.8, 4) is 0 Å². The molecule has 0 aromatic carbocycles. The van der Waals surface area contributed by atoms with E-state index in [9.17, 15) is 8.42 Å². The summed E-state index contributed by atoms with van der Waals surface area (Å²) < 4.78 is 33.3. The van der Waals surface area contributed by atoms with Gasteiger partial charge in [-0.2, -0.15) is 0 Å². The fourth-order valence-electron chi connectivity index (χ4n) is 2.01. The third-order valence-corrected chi connectivity index (χ3v) is 6.20. The number of thiophene rings is 1. The highest BCUT2D eigenvalue weighted by molar-refractivity contribution is 7.89. The van der Waals surface area contributed by atoms with Crippen LogP contribution in [-0.4, -0.2) is 34.7 Å². The van der Waals surface area contributed by atoms with Gasteiger partial charge in [0, 0.05) is 24.6 Å². The first-order valence-electron chi connectivity index (χ1n) is 7.12. The van der Waals surface area contributed by atoms with Gasteiger partial charge in [-0.1, -0.05) is 20.8 Å². The number of nitrogens with one attached hydrogen (secondary N) is 2. The Morgan fingerprint density at radius 3 is 2.57 bits per heavy atom. The fourth-order valence-corrected chi connectivity index (χ4v) is 5.16. The van der Waals surface area contributed by atoms with Crippen molar-refractivity contribution in [3.05, 3.63) is 15.8 Å². The molecule has 0 spiro atoms. The maximum atomic E-state index is 12.7. The van der Waals surface area contributed by atoms with Crippen LogP contribution in [0.5, 0.6) is 0 Å². The van der Waals surface area contributed by atoms with Gasteiger partial charge in [-0.25, -0.2) is 13.1 Å². The molecule has 0 bridgehead atoms. The van der Waals surface area contributed by atoms with E-state index in [1.54, 1.807) is 7.11 Å². The number of ether oxygens (including phenoxy) is 1. The minimum absolute atomic E-state index is 0.163. The average molecular weight is 335 g/mol. The van der Waals surface area contributed by atoms with E-state index >= 15 is 0 Å². The standard InChI is InChI=1S/C14H26N2O3S2/c1-6-15-7-13-14(11(4)9-20-13)21(17,18)16-12(8-19-5)10(2)3/h9-10,12,15-16H,6-8H2,1-5H3. The van der Waals surface area contributed by atoms with E-state index in [-0.39, 0.29) is 12.0 Å². The van der Waals surface area contributed by atoms with Crippen molar-refractivity contribution >= 4 is 21.4 Å².